The standard InChI is InChI=1S/C23H24N2S2/c1-17-8-12-20(13-9-17)18(2)24-23(26)25-21-14-10-19(11-15-21)16-27-22-6-4-3-5-7-22/h3-15,18H,16H2,1-2H3,(H2,24,25,26). The fraction of sp³-hybridized carbons (Fsp3) is 0.174. The molecular weight excluding hydrogens is 368 g/mol. The van der Waals surface area contributed by atoms with Gasteiger partial charge in [0.15, 0.2) is 5.11 Å². The second-order valence-electron chi connectivity index (χ2n) is 6.53. The molecule has 3 aromatic carbocycles. The summed E-state index contributed by atoms with van der Waals surface area (Å²) in [6, 6.07) is 27.6. The Labute approximate surface area is 171 Å². The molecular formula is C23H24N2S2. The highest BCUT2D eigenvalue weighted by atomic mass is 32.2. The first kappa shape index (κ1) is 19.5. The summed E-state index contributed by atoms with van der Waals surface area (Å²) in [5.74, 6) is 0.956. The first-order chi connectivity index (χ1) is 13.1. The minimum absolute atomic E-state index is 0.159. The molecule has 0 aromatic heterocycles. The molecule has 0 aliphatic heterocycles. The van der Waals surface area contributed by atoms with E-state index in [1.807, 2.05) is 17.8 Å². The van der Waals surface area contributed by atoms with E-state index in [-0.39, 0.29) is 6.04 Å². The van der Waals surface area contributed by atoms with E-state index >= 15 is 0 Å². The smallest absolute Gasteiger partial charge is 0.171 e. The lowest BCUT2D eigenvalue weighted by molar-refractivity contribution is 0.722. The highest BCUT2D eigenvalue weighted by Crippen LogP contribution is 2.23. The lowest BCUT2D eigenvalue weighted by Crippen LogP contribution is -2.30. The molecule has 1 unspecified atom stereocenters. The van der Waals surface area contributed by atoms with Gasteiger partial charge in [0.25, 0.3) is 0 Å². The summed E-state index contributed by atoms with van der Waals surface area (Å²) in [5.41, 5.74) is 4.77. The number of benzene rings is 3. The van der Waals surface area contributed by atoms with Crippen LogP contribution in [0.25, 0.3) is 0 Å². The van der Waals surface area contributed by atoms with E-state index in [0.717, 1.165) is 11.4 Å². The Balaban J connectivity index is 1.50. The van der Waals surface area contributed by atoms with Gasteiger partial charge in [-0.1, -0.05) is 60.2 Å². The molecule has 1 atom stereocenters. The molecule has 27 heavy (non-hydrogen) atoms. The van der Waals surface area contributed by atoms with Crippen molar-refractivity contribution < 1.29 is 0 Å². The van der Waals surface area contributed by atoms with E-state index in [1.165, 1.54) is 21.6 Å². The van der Waals surface area contributed by atoms with Crippen molar-refractivity contribution in [2.24, 2.45) is 0 Å². The number of nitrogens with one attached hydrogen (secondary N) is 2. The molecule has 3 aromatic rings. The molecule has 0 amide bonds. The Bertz CT molecular complexity index is 859. The van der Waals surface area contributed by atoms with Gasteiger partial charge in [-0.25, -0.2) is 0 Å². The third-order valence-electron chi connectivity index (χ3n) is 4.29. The lowest BCUT2D eigenvalue weighted by Gasteiger charge is -2.17. The molecule has 0 fully saturated rings. The van der Waals surface area contributed by atoms with Crippen molar-refractivity contribution in [3.8, 4) is 0 Å². The molecule has 0 bridgehead atoms. The zero-order valence-corrected chi connectivity index (χ0v) is 17.2. The van der Waals surface area contributed by atoms with Crippen LogP contribution in [0.3, 0.4) is 0 Å². The zero-order chi connectivity index (χ0) is 19.1. The molecule has 0 radical (unpaired) electrons. The predicted molar refractivity (Wildman–Crippen MR) is 121 cm³/mol. The lowest BCUT2D eigenvalue weighted by atomic mass is 10.1. The molecule has 0 saturated carbocycles. The monoisotopic (exact) mass is 392 g/mol. The highest BCUT2D eigenvalue weighted by Gasteiger charge is 2.07. The maximum atomic E-state index is 5.46. The minimum Gasteiger partial charge on any atom is -0.356 e. The van der Waals surface area contributed by atoms with Crippen molar-refractivity contribution >= 4 is 34.8 Å². The van der Waals surface area contributed by atoms with E-state index < -0.39 is 0 Å². The highest BCUT2D eigenvalue weighted by molar-refractivity contribution is 7.98. The first-order valence-corrected chi connectivity index (χ1v) is 10.4. The van der Waals surface area contributed by atoms with Crippen LogP contribution < -0.4 is 10.6 Å². The van der Waals surface area contributed by atoms with Crippen LogP contribution in [-0.2, 0) is 5.75 Å². The number of aryl methyl sites for hydroxylation is 1. The Morgan fingerprint density at radius 2 is 1.59 bits per heavy atom. The molecule has 0 saturated heterocycles. The number of anilines is 1. The largest absolute Gasteiger partial charge is 0.356 e. The number of thioether (sulfide) groups is 1. The quantitative estimate of drug-likeness (QED) is 0.378. The molecule has 0 heterocycles. The van der Waals surface area contributed by atoms with Crippen LogP contribution in [-0.4, -0.2) is 5.11 Å². The molecule has 138 valence electrons. The van der Waals surface area contributed by atoms with Crippen molar-refractivity contribution in [1.29, 1.82) is 0 Å². The minimum atomic E-state index is 0.159. The second-order valence-corrected chi connectivity index (χ2v) is 7.99. The summed E-state index contributed by atoms with van der Waals surface area (Å²) in [5, 5.41) is 7.24. The Kier molecular flexibility index (Phi) is 6.91. The van der Waals surface area contributed by atoms with E-state index in [9.17, 15) is 0 Å². The zero-order valence-electron chi connectivity index (χ0n) is 15.6. The van der Waals surface area contributed by atoms with E-state index in [4.69, 9.17) is 12.2 Å². The van der Waals surface area contributed by atoms with Crippen molar-refractivity contribution in [3.05, 3.63) is 95.6 Å². The fourth-order valence-corrected chi connectivity index (χ4v) is 3.84. The van der Waals surface area contributed by atoms with E-state index in [2.05, 4.69) is 97.3 Å². The van der Waals surface area contributed by atoms with Crippen molar-refractivity contribution in [3.63, 3.8) is 0 Å². The summed E-state index contributed by atoms with van der Waals surface area (Å²) in [6.07, 6.45) is 0. The maximum absolute atomic E-state index is 5.46. The number of rotatable bonds is 6. The van der Waals surface area contributed by atoms with Gasteiger partial charge in [-0.15, -0.1) is 11.8 Å². The van der Waals surface area contributed by atoms with Gasteiger partial charge in [0.1, 0.15) is 0 Å². The van der Waals surface area contributed by atoms with Crippen LogP contribution in [0.1, 0.15) is 29.7 Å². The summed E-state index contributed by atoms with van der Waals surface area (Å²) in [7, 11) is 0. The molecule has 2 nitrogen and oxygen atoms in total. The van der Waals surface area contributed by atoms with Gasteiger partial charge < -0.3 is 10.6 Å². The van der Waals surface area contributed by atoms with Crippen LogP contribution in [0.5, 0.6) is 0 Å². The summed E-state index contributed by atoms with van der Waals surface area (Å²) < 4.78 is 0. The fourth-order valence-electron chi connectivity index (χ4n) is 2.67. The maximum Gasteiger partial charge on any atom is 0.171 e. The van der Waals surface area contributed by atoms with Crippen molar-refractivity contribution in [2.45, 2.75) is 30.5 Å². The third-order valence-corrected chi connectivity index (χ3v) is 5.59. The summed E-state index contributed by atoms with van der Waals surface area (Å²) >= 11 is 7.30. The Morgan fingerprint density at radius 1 is 0.926 bits per heavy atom. The van der Waals surface area contributed by atoms with Gasteiger partial charge in [-0.2, -0.15) is 0 Å². The van der Waals surface area contributed by atoms with Gasteiger partial charge in [-0.3, -0.25) is 0 Å². The van der Waals surface area contributed by atoms with Gasteiger partial charge >= 0.3 is 0 Å². The average Bonchev–Trinajstić information content (AvgIpc) is 2.68. The van der Waals surface area contributed by atoms with Crippen LogP contribution in [0.2, 0.25) is 0 Å². The molecule has 2 N–H and O–H groups in total. The van der Waals surface area contributed by atoms with Crippen LogP contribution in [0, 0.1) is 6.92 Å². The van der Waals surface area contributed by atoms with Gasteiger partial charge in [0.05, 0.1) is 6.04 Å². The van der Waals surface area contributed by atoms with Crippen molar-refractivity contribution in [2.75, 3.05) is 5.32 Å². The van der Waals surface area contributed by atoms with Gasteiger partial charge in [0.2, 0.25) is 0 Å². The topological polar surface area (TPSA) is 24.1 Å². The molecule has 3 rings (SSSR count). The second kappa shape index (κ2) is 9.58. The number of thiocarbonyl (C=S) groups is 1. The van der Waals surface area contributed by atoms with Gasteiger partial charge in [0, 0.05) is 16.3 Å². The summed E-state index contributed by atoms with van der Waals surface area (Å²) in [6.45, 7) is 4.21. The third kappa shape index (κ3) is 6.12. The van der Waals surface area contributed by atoms with Crippen LogP contribution in [0.15, 0.2) is 83.8 Å². The van der Waals surface area contributed by atoms with E-state index in [0.29, 0.717) is 5.11 Å². The Hall–Kier alpha value is -2.30. The van der Waals surface area contributed by atoms with Crippen molar-refractivity contribution in [1.82, 2.24) is 5.32 Å². The van der Waals surface area contributed by atoms with Crippen LogP contribution in [0.4, 0.5) is 5.69 Å². The van der Waals surface area contributed by atoms with Gasteiger partial charge in [-0.05, 0) is 61.5 Å². The molecule has 0 spiro atoms. The number of hydrogen-bond acceptors (Lipinski definition) is 2. The van der Waals surface area contributed by atoms with Crippen LogP contribution >= 0.6 is 24.0 Å². The SMILES string of the molecule is Cc1ccc(C(C)NC(=S)Nc2ccc(CSc3ccccc3)cc2)cc1. The molecule has 0 aliphatic carbocycles. The average molecular weight is 393 g/mol. The summed E-state index contributed by atoms with van der Waals surface area (Å²) in [4.78, 5) is 1.29. The Morgan fingerprint density at radius 3 is 2.26 bits per heavy atom. The molecule has 4 heteroatoms. The van der Waals surface area contributed by atoms with E-state index in [1.54, 1.807) is 0 Å². The normalized spacial score (nSPS) is 11.6. The first-order valence-electron chi connectivity index (χ1n) is 9.01. The molecule has 0 aliphatic rings. The predicted octanol–water partition coefficient (Wildman–Crippen LogP) is 6.33. The number of hydrogen-bond donors (Lipinski definition) is 2.